The number of phenols is 1. The zero-order chi connectivity index (χ0) is 15.4. The molecule has 0 amide bonds. The summed E-state index contributed by atoms with van der Waals surface area (Å²) in [6, 6.07) is 12.3. The van der Waals surface area contributed by atoms with E-state index < -0.39 is 0 Å². The molecular formula is C15H9ClN2O2S. The molecule has 6 heteroatoms. The third-order valence-electron chi connectivity index (χ3n) is 2.70. The van der Waals surface area contributed by atoms with Crippen molar-refractivity contribution in [1.29, 1.82) is 10.5 Å². The van der Waals surface area contributed by atoms with Gasteiger partial charge in [-0.25, -0.2) is 0 Å². The van der Waals surface area contributed by atoms with E-state index in [2.05, 4.69) is 0 Å². The number of methoxy groups -OCH3 is 1. The monoisotopic (exact) mass is 316 g/mol. The van der Waals surface area contributed by atoms with Crippen molar-refractivity contribution in [2.24, 2.45) is 0 Å². The minimum atomic E-state index is -0.268. The lowest BCUT2D eigenvalue weighted by Crippen LogP contribution is -1.93. The molecule has 0 aliphatic rings. The van der Waals surface area contributed by atoms with E-state index in [0.29, 0.717) is 9.92 Å². The van der Waals surface area contributed by atoms with Crippen LogP contribution in [0.15, 0.2) is 40.1 Å². The molecule has 0 aromatic heterocycles. The molecule has 2 aromatic rings. The maximum absolute atomic E-state index is 10.0. The standard InChI is InChI=1S/C15H9ClN2O2S/c1-20-13-6-9(7-17)15(12(8-18)14(13)19)21-11-4-2-10(16)3-5-11/h2-6,19H,1H3. The number of rotatable bonds is 3. The lowest BCUT2D eigenvalue weighted by atomic mass is 10.1. The highest BCUT2D eigenvalue weighted by molar-refractivity contribution is 7.99. The van der Waals surface area contributed by atoms with E-state index in [1.807, 2.05) is 12.1 Å². The van der Waals surface area contributed by atoms with Gasteiger partial charge in [-0.3, -0.25) is 0 Å². The van der Waals surface area contributed by atoms with Gasteiger partial charge in [0.15, 0.2) is 11.5 Å². The molecule has 0 fully saturated rings. The van der Waals surface area contributed by atoms with Gasteiger partial charge in [0, 0.05) is 16.0 Å². The quantitative estimate of drug-likeness (QED) is 0.927. The summed E-state index contributed by atoms with van der Waals surface area (Å²) in [6.45, 7) is 0. The maximum atomic E-state index is 10.0. The summed E-state index contributed by atoms with van der Waals surface area (Å²) in [5, 5.41) is 29.1. The molecule has 0 unspecified atom stereocenters. The number of ether oxygens (including phenoxy) is 1. The summed E-state index contributed by atoms with van der Waals surface area (Å²) >= 11 is 7.04. The lowest BCUT2D eigenvalue weighted by molar-refractivity contribution is 0.371. The van der Waals surface area contributed by atoms with Crippen LogP contribution < -0.4 is 4.74 Å². The van der Waals surface area contributed by atoms with Gasteiger partial charge in [0.2, 0.25) is 0 Å². The van der Waals surface area contributed by atoms with Crippen LogP contribution in [0.3, 0.4) is 0 Å². The van der Waals surface area contributed by atoms with E-state index in [1.165, 1.54) is 24.9 Å². The van der Waals surface area contributed by atoms with Crippen molar-refractivity contribution >= 4 is 23.4 Å². The SMILES string of the molecule is COc1cc(C#N)c(Sc2ccc(Cl)cc2)c(C#N)c1O. The number of hydrogen-bond donors (Lipinski definition) is 1. The van der Waals surface area contributed by atoms with Crippen LogP contribution in [0.5, 0.6) is 11.5 Å². The summed E-state index contributed by atoms with van der Waals surface area (Å²) in [4.78, 5) is 1.19. The highest BCUT2D eigenvalue weighted by Crippen LogP contribution is 2.41. The summed E-state index contributed by atoms with van der Waals surface area (Å²) in [7, 11) is 1.36. The minimum absolute atomic E-state index is 0.0193. The average molecular weight is 317 g/mol. The predicted molar refractivity (Wildman–Crippen MR) is 79.7 cm³/mol. The molecule has 0 radical (unpaired) electrons. The molecule has 0 aliphatic carbocycles. The Morgan fingerprint density at radius 3 is 2.38 bits per heavy atom. The van der Waals surface area contributed by atoms with Gasteiger partial charge >= 0.3 is 0 Å². The predicted octanol–water partition coefficient (Wildman–Crippen LogP) is 3.95. The number of nitriles is 2. The molecule has 2 rings (SSSR count). The topological polar surface area (TPSA) is 77.0 Å². The largest absolute Gasteiger partial charge is 0.503 e. The Hall–Kier alpha value is -2.34. The Bertz CT molecular complexity index is 761. The molecule has 0 saturated carbocycles. The van der Waals surface area contributed by atoms with E-state index in [1.54, 1.807) is 24.3 Å². The lowest BCUT2D eigenvalue weighted by Gasteiger charge is -2.11. The van der Waals surface area contributed by atoms with E-state index in [4.69, 9.17) is 16.3 Å². The van der Waals surface area contributed by atoms with Gasteiger partial charge in [0.25, 0.3) is 0 Å². The summed E-state index contributed by atoms with van der Waals surface area (Å²) < 4.78 is 4.97. The summed E-state index contributed by atoms with van der Waals surface area (Å²) in [6.07, 6.45) is 0. The van der Waals surface area contributed by atoms with Crippen LogP contribution in [0.1, 0.15) is 11.1 Å². The van der Waals surface area contributed by atoms with Crippen LogP contribution in [0.2, 0.25) is 5.02 Å². The molecular weight excluding hydrogens is 308 g/mol. The minimum Gasteiger partial charge on any atom is -0.503 e. The third kappa shape index (κ3) is 3.05. The first-order chi connectivity index (χ1) is 10.1. The van der Waals surface area contributed by atoms with Crippen LogP contribution >= 0.6 is 23.4 Å². The molecule has 0 spiro atoms. The fourth-order valence-electron chi connectivity index (χ4n) is 1.70. The molecule has 0 heterocycles. The Balaban J connectivity index is 2.57. The van der Waals surface area contributed by atoms with Crippen LogP contribution in [0.4, 0.5) is 0 Å². The van der Waals surface area contributed by atoms with Crippen LogP contribution in [-0.4, -0.2) is 12.2 Å². The zero-order valence-electron chi connectivity index (χ0n) is 10.9. The Morgan fingerprint density at radius 2 is 1.86 bits per heavy atom. The van der Waals surface area contributed by atoms with Crippen molar-refractivity contribution in [1.82, 2.24) is 0 Å². The smallest absolute Gasteiger partial charge is 0.177 e. The van der Waals surface area contributed by atoms with Crippen molar-refractivity contribution in [3.8, 4) is 23.6 Å². The maximum Gasteiger partial charge on any atom is 0.177 e. The number of hydrogen-bond acceptors (Lipinski definition) is 5. The molecule has 21 heavy (non-hydrogen) atoms. The molecule has 2 aromatic carbocycles. The van der Waals surface area contributed by atoms with E-state index in [0.717, 1.165) is 4.90 Å². The van der Waals surface area contributed by atoms with Crippen LogP contribution in [-0.2, 0) is 0 Å². The zero-order valence-corrected chi connectivity index (χ0v) is 12.5. The van der Waals surface area contributed by atoms with Gasteiger partial charge in [-0.15, -0.1) is 0 Å². The van der Waals surface area contributed by atoms with Gasteiger partial charge in [0.1, 0.15) is 17.7 Å². The van der Waals surface area contributed by atoms with Gasteiger partial charge in [0.05, 0.1) is 17.6 Å². The molecule has 1 N–H and O–H groups in total. The number of nitrogens with zero attached hydrogens (tertiary/aromatic N) is 2. The first-order valence-electron chi connectivity index (χ1n) is 5.78. The van der Waals surface area contributed by atoms with Crippen LogP contribution in [0.25, 0.3) is 0 Å². The second-order valence-electron chi connectivity index (χ2n) is 3.96. The molecule has 4 nitrogen and oxygen atoms in total. The highest BCUT2D eigenvalue weighted by Gasteiger charge is 2.19. The molecule has 0 atom stereocenters. The first-order valence-corrected chi connectivity index (χ1v) is 6.97. The fraction of sp³-hybridized carbons (Fsp3) is 0.0667. The summed E-state index contributed by atoms with van der Waals surface area (Å²) in [5.41, 5.74) is 0.284. The van der Waals surface area contributed by atoms with E-state index in [9.17, 15) is 15.6 Å². The number of aromatic hydroxyl groups is 1. The van der Waals surface area contributed by atoms with Gasteiger partial charge in [-0.1, -0.05) is 23.4 Å². The van der Waals surface area contributed by atoms with Crippen molar-refractivity contribution in [3.05, 3.63) is 46.5 Å². The molecule has 0 saturated heterocycles. The van der Waals surface area contributed by atoms with Crippen molar-refractivity contribution in [3.63, 3.8) is 0 Å². The third-order valence-corrected chi connectivity index (χ3v) is 4.09. The number of halogens is 1. The molecule has 0 bridgehead atoms. The Morgan fingerprint density at radius 1 is 1.19 bits per heavy atom. The van der Waals surface area contributed by atoms with E-state index in [-0.39, 0.29) is 22.6 Å². The van der Waals surface area contributed by atoms with Crippen molar-refractivity contribution < 1.29 is 9.84 Å². The molecule has 104 valence electrons. The highest BCUT2D eigenvalue weighted by atomic mass is 35.5. The number of phenolic OH excluding ortho intramolecular Hbond substituents is 1. The van der Waals surface area contributed by atoms with Crippen molar-refractivity contribution in [2.45, 2.75) is 9.79 Å². The first kappa shape index (κ1) is 15.1. The fourth-order valence-corrected chi connectivity index (χ4v) is 2.79. The van der Waals surface area contributed by atoms with Gasteiger partial charge in [-0.05, 0) is 24.3 Å². The average Bonchev–Trinajstić information content (AvgIpc) is 2.50. The normalized spacial score (nSPS) is 9.71. The second-order valence-corrected chi connectivity index (χ2v) is 5.48. The Kier molecular flexibility index (Phi) is 4.59. The second kappa shape index (κ2) is 6.41. The molecule has 0 aliphatic heterocycles. The van der Waals surface area contributed by atoms with Crippen LogP contribution in [0, 0.1) is 22.7 Å². The summed E-state index contributed by atoms with van der Waals surface area (Å²) in [5.74, 6) is -0.168. The van der Waals surface area contributed by atoms with Gasteiger partial charge in [-0.2, -0.15) is 10.5 Å². The van der Waals surface area contributed by atoms with Gasteiger partial charge < -0.3 is 9.84 Å². The Labute approximate surface area is 131 Å². The van der Waals surface area contributed by atoms with E-state index >= 15 is 0 Å². The van der Waals surface area contributed by atoms with Crippen molar-refractivity contribution in [2.75, 3.05) is 7.11 Å². The number of benzene rings is 2.